The Bertz CT molecular complexity index is 333. The van der Waals surface area contributed by atoms with Gasteiger partial charge in [0.1, 0.15) is 0 Å². The number of amides is 1. The van der Waals surface area contributed by atoms with Gasteiger partial charge in [-0.05, 0) is 12.8 Å². The van der Waals surface area contributed by atoms with E-state index in [9.17, 15) is 9.59 Å². The molecule has 1 heterocycles. The van der Waals surface area contributed by atoms with E-state index in [1.54, 1.807) is 4.90 Å². The molecule has 1 N–H and O–H groups in total. The fraction of sp³-hybridized carbons (Fsp3) is 0.857. The van der Waals surface area contributed by atoms with Crippen LogP contribution in [0.25, 0.3) is 0 Å². The Hall–Kier alpha value is -1.14. The summed E-state index contributed by atoms with van der Waals surface area (Å²) in [4.78, 5) is 27.1. The molecule has 0 aliphatic carbocycles. The topological polar surface area (TPSA) is 70.1 Å². The molecule has 0 aromatic heterocycles. The van der Waals surface area contributed by atoms with Gasteiger partial charge in [-0.3, -0.25) is 14.5 Å². The number of carbonyl (C=O) groups is 2. The number of carbonyl (C=O) groups excluding carboxylic acids is 1. The summed E-state index contributed by atoms with van der Waals surface area (Å²) in [5, 5.41) is 9.01. The molecule has 0 aromatic carbocycles. The van der Waals surface area contributed by atoms with Crippen molar-refractivity contribution in [2.24, 2.45) is 5.92 Å². The first-order valence-corrected chi connectivity index (χ1v) is 7.28. The van der Waals surface area contributed by atoms with Crippen LogP contribution in [-0.4, -0.2) is 72.2 Å². The number of hydrogen-bond acceptors (Lipinski definition) is 4. The van der Waals surface area contributed by atoms with Crippen LogP contribution in [0.1, 0.15) is 27.2 Å². The van der Waals surface area contributed by atoms with Crippen LogP contribution in [0.2, 0.25) is 0 Å². The Morgan fingerprint density at radius 1 is 1.45 bits per heavy atom. The third-order valence-corrected chi connectivity index (χ3v) is 3.37. The van der Waals surface area contributed by atoms with E-state index in [4.69, 9.17) is 9.84 Å². The molecule has 1 aliphatic heterocycles. The Labute approximate surface area is 120 Å². The van der Waals surface area contributed by atoms with E-state index in [1.165, 1.54) is 0 Å². The van der Waals surface area contributed by atoms with Crippen molar-refractivity contribution in [3.05, 3.63) is 0 Å². The molecule has 1 aliphatic rings. The predicted octanol–water partition coefficient (Wildman–Crippen LogP) is 0.666. The number of carboxylic acids is 1. The van der Waals surface area contributed by atoms with Crippen molar-refractivity contribution >= 4 is 11.9 Å². The minimum absolute atomic E-state index is 0.0843. The van der Waals surface area contributed by atoms with E-state index in [0.29, 0.717) is 32.2 Å². The van der Waals surface area contributed by atoms with Gasteiger partial charge in [0.15, 0.2) is 0 Å². The molecule has 1 amide bonds. The first-order valence-electron chi connectivity index (χ1n) is 7.28. The molecule has 0 aromatic rings. The van der Waals surface area contributed by atoms with Crippen molar-refractivity contribution in [2.45, 2.75) is 33.2 Å². The summed E-state index contributed by atoms with van der Waals surface area (Å²) in [7, 11) is 0. The monoisotopic (exact) mass is 286 g/mol. The summed E-state index contributed by atoms with van der Waals surface area (Å²) in [6.07, 6.45) is -0.128. The van der Waals surface area contributed by atoms with E-state index < -0.39 is 12.0 Å². The highest BCUT2D eigenvalue weighted by Crippen LogP contribution is 2.16. The van der Waals surface area contributed by atoms with Crippen LogP contribution in [0.15, 0.2) is 0 Å². The summed E-state index contributed by atoms with van der Waals surface area (Å²) in [6.45, 7) is 9.86. The fourth-order valence-electron chi connectivity index (χ4n) is 2.49. The smallest absolute Gasteiger partial charge is 0.305 e. The standard InChI is InChI=1S/C14H26N2O4/c1-4-20-8-7-15-5-6-16(10-11(2)3)12(14(15)19)9-13(17)18/h11-12H,4-10H2,1-3H3,(H,17,18). The molecule has 6 heteroatoms. The second-order valence-electron chi connectivity index (χ2n) is 5.52. The Morgan fingerprint density at radius 3 is 2.70 bits per heavy atom. The van der Waals surface area contributed by atoms with Crippen molar-refractivity contribution in [3.8, 4) is 0 Å². The fourth-order valence-corrected chi connectivity index (χ4v) is 2.49. The quantitative estimate of drug-likeness (QED) is 0.664. The maximum Gasteiger partial charge on any atom is 0.305 e. The Morgan fingerprint density at radius 2 is 2.15 bits per heavy atom. The molecule has 0 bridgehead atoms. The lowest BCUT2D eigenvalue weighted by atomic mass is 10.0. The van der Waals surface area contributed by atoms with Crippen LogP contribution in [0.3, 0.4) is 0 Å². The van der Waals surface area contributed by atoms with Crippen LogP contribution in [0, 0.1) is 5.92 Å². The first kappa shape index (κ1) is 16.9. The van der Waals surface area contributed by atoms with Gasteiger partial charge in [0.2, 0.25) is 5.91 Å². The summed E-state index contributed by atoms with van der Waals surface area (Å²) in [5.74, 6) is -0.600. The number of nitrogens with zero attached hydrogens (tertiary/aromatic N) is 2. The van der Waals surface area contributed by atoms with Crippen molar-refractivity contribution in [3.63, 3.8) is 0 Å². The van der Waals surface area contributed by atoms with Crippen molar-refractivity contribution in [1.29, 1.82) is 0 Å². The largest absolute Gasteiger partial charge is 0.481 e. The van der Waals surface area contributed by atoms with Crippen molar-refractivity contribution < 1.29 is 19.4 Å². The van der Waals surface area contributed by atoms with Gasteiger partial charge in [-0.15, -0.1) is 0 Å². The average molecular weight is 286 g/mol. The lowest BCUT2D eigenvalue weighted by Crippen LogP contribution is -2.58. The highest BCUT2D eigenvalue weighted by atomic mass is 16.5. The zero-order valence-electron chi connectivity index (χ0n) is 12.7. The van der Waals surface area contributed by atoms with Gasteiger partial charge in [0.05, 0.1) is 19.1 Å². The zero-order chi connectivity index (χ0) is 15.1. The van der Waals surface area contributed by atoms with Gasteiger partial charge in [0, 0.05) is 32.8 Å². The predicted molar refractivity (Wildman–Crippen MR) is 75.5 cm³/mol. The lowest BCUT2D eigenvalue weighted by Gasteiger charge is -2.40. The van der Waals surface area contributed by atoms with Gasteiger partial charge in [0.25, 0.3) is 0 Å². The van der Waals surface area contributed by atoms with Gasteiger partial charge in [-0.2, -0.15) is 0 Å². The molecule has 1 atom stereocenters. The maximum absolute atomic E-state index is 12.4. The van der Waals surface area contributed by atoms with Crippen molar-refractivity contribution in [1.82, 2.24) is 9.80 Å². The molecule has 1 rings (SSSR count). The van der Waals surface area contributed by atoms with E-state index in [-0.39, 0.29) is 12.3 Å². The van der Waals surface area contributed by atoms with Gasteiger partial charge in [-0.1, -0.05) is 13.8 Å². The number of carboxylic acid groups (broad SMARTS) is 1. The summed E-state index contributed by atoms with van der Waals surface area (Å²) >= 11 is 0. The Balaban J connectivity index is 2.66. The number of ether oxygens (including phenoxy) is 1. The molecular weight excluding hydrogens is 260 g/mol. The molecule has 20 heavy (non-hydrogen) atoms. The molecule has 1 saturated heterocycles. The van der Waals surface area contributed by atoms with Gasteiger partial charge >= 0.3 is 5.97 Å². The van der Waals surface area contributed by atoms with Crippen LogP contribution < -0.4 is 0 Å². The molecule has 116 valence electrons. The molecular formula is C14H26N2O4. The normalized spacial score (nSPS) is 20.7. The van der Waals surface area contributed by atoms with Crippen LogP contribution in [-0.2, 0) is 14.3 Å². The molecule has 1 fully saturated rings. The van der Waals surface area contributed by atoms with E-state index in [0.717, 1.165) is 13.1 Å². The SMILES string of the molecule is CCOCCN1CCN(CC(C)C)C(CC(=O)O)C1=O. The summed E-state index contributed by atoms with van der Waals surface area (Å²) in [6, 6.07) is -0.537. The molecule has 0 spiro atoms. The van der Waals surface area contributed by atoms with E-state index in [1.807, 2.05) is 11.8 Å². The molecule has 1 unspecified atom stereocenters. The number of hydrogen-bond donors (Lipinski definition) is 1. The first-order chi connectivity index (χ1) is 9.45. The molecule has 0 radical (unpaired) electrons. The maximum atomic E-state index is 12.4. The third kappa shape index (κ3) is 5.09. The highest BCUT2D eigenvalue weighted by molar-refractivity contribution is 5.86. The van der Waals surface area contributed by atoms with E-state index in [2.05, 4.69) is 13.8 Å². The van der Waals surface area contributed by atoms with E-state index >= 15 is 0 Å². The number of piperazine rings is 1. The summed E-state index contributed by atoms with van der Waals surface area (Å²) in [5.41, 5.74) is 0. The second-order valence-corrected chi connectivity index (χ2v) is 5.52. The Kier molecular flexibility index (Phi) is 6.95. The van der Waals surface area contributed by atoms with Crippen LogP contribution in [0.4, 0.5) is 0 Å². The second kappa shape index (κ2) is 8.21. The van der Waals surface area contributed by atoms with Crippen LogP contribution >= 0.6 is 0 Å². The minimum atomic E-state index is -0.927. The van der Waals surface area contributed by atoms with Gasteiger partial charge < -0.3 is 14.7 Å². The van der Waals surface area contributed by atoms with Crippen molar-refractivity contribution in [2.75, 3.05) is 39.4 Å². The zero-order valence-corrected chi connectivity index (χ0v) is 12.7. The number of rotatable bonds is 8. The summed E-state index contributed by atoms with van der Waals surface area (Å²) < 4.78 is 5.27. The van der Waals surface area contributed by atoms with Crippen LogP contribution in [0.5, 0.6) is 0 Å². The molecule has 0 saturated carbocycles. The average Bonchev–Trinajstić information content (AvgIpc) is 2.36. The van der Waals surface area contributed by atoms with Gasteiger partial charge in [-0.25, -0.2) is 0 Å². The molecule has 6 nitrogen and oxygen atoms in total. The minimum Gasteiger partial charge on any atom is -0.481 e. The number of aliphatic carboxylic acids is 1. The third-order valence-electron chi connectivity index (χ3n) is 3.37. The highest BCUT2D eigenvalue weighted by Gasteiger charge is 2.35. The lowest BCUT2D eigenvalue weighted by molar-refractivity contribution is -0.150.